The van der Waals surface area contributed by atoms with Gasteiger partial charge < -0.3 is 14.2 Å². The average Bonchev–Trinajstić information content (AvgIpc) is 3.40. The predicted octanol–water partition coefficient (Wildman–Crippen LogP) is 2.80. The lowest BCUT2D eigenvalue weighted by Crippen LogP contribution is -2.34. The fourth-order valence-corrected chi connectivity index (χ4v) is 6.85. The Morgan fingerprint density at radius 2 is 1.82 bits per heavy atom. The van der Waals surface area contributed by atoms with Gasteiger partial charge in [-0.05, 0) is 44.2 Å². The normalized spacial score (nSPS) is 14.6. The average molecular weight is 584 g/mol. The minimum absolute atomic E-state index is 0.0615. The van der Waals surface area contributed by atoms with E-state index in [-0.39, 0.29) is 10.5 Å². The van der Waals surface area contributed by atoms with Gasteiger partial charge in [-0.25, -0.2) is 13.0 Å². The van der Waals surface area contributed by atoms with E-state index in [0.29, 0.717) is 6.54 Å². The molecule has 0 atom stereocenters. The summed E-state index contributed by atoms with van der Waals surface area (Å²) in [6.45, 7) is 4.47. The molecule has 2 aromatic carbocycles. The van der Waals surface area contributed by atoms with Crippen molar-refractivity contribution in [3.8, 4) is 5.75 Å². The van der Waals surface area contributed by atoms with E-state index < -0.39 is 10.1 Å². The Kier molecular flexibility index (Phi) is 8.65. The van der Waals surface area contributed by atoms with Crippen molar-refractivity contribution < 1.29 is 22.3 Å². The van der Waals surface area contributed by atoms with Crippen molar-refractivity contribution >= 4 is 50.0 Å². The number of methoxy groups -OCH3 is 1. The van der Waals surface area contributed by atoms with Gasteiger partial charge in [-0.15, -0.1) is 11.3 Å². The Labute approximate surface area is 235 Å². The first kappa shape index (κ1) is 28.6. The number of aryl methyl sites for hydroxylation is 2. The number of rotatable bonds is 4. The Morgan fingerprint density at radius 1 is 1.10 bits per heavy atom. The van der Waals surface area contributed by atoms with Crippen LogP contribution in [0.2, 0.25) is 0 Å². The second-order valence-electron chi connectivity index (χ2n) is 8.77. The molecule has 0 saturated heterocycles. The van der Waals surface area contributed by atoms with Gasteiger partial charge >= 0.3 is 0 Å². The molecule has 0 N–H and O–H groups in total. The fraction of sp³-hybridized carbons (Fsp3) is 0.214. The number of fused-ring (bicyclic) bond motifs is 1. The number of aromatic nitrogens is 2. The second-order valence-corrected chi connectivity index (χ2v) is 12.2. The third-order valence-corrected chi connectivity index (χ3v) is 9.47. The summed E-state index contributed by atoms with van der Waals surface area (Å²) in [5, 5.41) is 0.970. The SMILES string of the molecule is CCn1c(=O)/c(=C2\Sc3ccc(OC)cc3N2C)s/c1=C\c1cccc[n+]1C.Cc1ccc(S(=O)(=O)[O-])cc1. The molecule has 0 spiro atoms. The summed E-state index contributed by atoms with van der Waals surface area (Å²) < 4.78 is 42.1. The summed E-state index contributed by atoms with van der Waals surface area (Å²) in [5.74, 6) is 0.815. The predicted molar refractivity (Wildman–Crippen MR) is 154 cm³/mol. The molecule has 1 aliphatic heterocycles. The minimum Gasteiger partial charge on any atom is -0.744 e. The molecular formula is C28H29N3O5S3. The summed E-state index contributed by atoms with van der Waals surface area (Å²) >= 11 is 3.18. The smallest absolute Gasteiger partial charge is 0.271 e. The fourth-order valence-electron chi connectivity index (χ4n) is 3.94. The number of pyridine rings is 1. The molecule has 0 unspecified atom stereocenters. The lowest BCUT2D eigenvalue weighted by Gasteiger charge is -2.13. The van der Waals surface area contributed by atoms with Gasteiger partial charge in [0.25, 0.3) is 5.56 Å². The first-order valence-electron chi connectivity index (χ1n) is 12.1. The van der Waals surface area contributed by atoms with Crippen LogP contribution in [0.3, 0.4) is 0 Å². The maximum atomic E-state index is 13.2. The zero-order valence-electron chi connectivity index (χ0n) is 22.2. The van der Waals surface area contributed by atoms with Gasteiger partial charge in [-0.2, -0.15) is 0 Å². The van der Waals surface area contributed by atoms with E-state index in [2.05, 4.69) is 21.6 Å². The lowest BCUT2D eigenvalue weighted by molar-refractivity contribution is -0.673. The third-order valence-electron chi connectivity index (χ3n) is 6.14. The van der Waals surface area contributed by atoms with E-state index in [4.69, 9.17) is 4.74 Å². The van der Waals surface area contributed by atoms with E-state index in [9.17, 15) is 17.8 Å². The number of thiazole rings is 1. The number of thioether (sulfide) groups is 1. The van der Waals surface area contributed by atoms with Crippen molar-refractivity contribution in [1.82, 2.24) is 4.57 Å². The number of ether oxygens (including phenoxy) is 1. The van der Waals surface area contributed by atoms with E-state index in [0.717, 1.165) is 41.8 Å². The molecule has 0 saturated carbocycles. The molecule has 5 rings (SSSR count). The van der Waals surface area contributed by atoms with Gasteiger partial charge in [0.1, 0.15) is 37.1 Å². The molecule has 0 amide bonds. The van der Waals surface area contributed by atoms with Crippen molar-refractivity contribution in [2.24, 2.45) is 7.05 Å². The molecule has 2 aromatic heterocycles. The number of benzene rings is 2. The maximum absolute atomic E-state index is 13.2. The molecule has 4 aromatic rings. The van der Waals surface area contributed by atoms with Crippen LogP contribution >= 0.6 is 23.1 Å². The van der Waals surface area contributed by atoms with Gasteiger partial charge in [0.05, 0.1) is 17.7 Å². The van der Waals surface area contributed by atoms with Crippen LogP contribution in [0.1, 0.15) is 18.2 Å². The largest absolute Gasteiger partial charge is 0.744 e. The molecule has 0 aliphatic carbocycles. The van der Waals surface area contributed by atoms with E-state index in [1.165, 1.54) is 12.1 Å². The summed E-state index contributed by atoms with van der Waals surface area (Å²) in [6.07, 6.45) is 4.09. The number of anilines is 1. The second kappa shape index (κ2) is 11.8. The monoisotopic (exact) mass is 583 g/mol. The van der Waals surface area contributed by atoms with Crippen LogP contribution in [0, 0.1) is 6.92 Å². The van der Waals surface area contributed by atoms with Crippen molar-refractivity contribution in [1.29, 1.82) is 0 Å². The maximum Gasteiger partial charge on any atom is 0.271 e. The quantitative estimate of drug-likeness (QED) is 0.269. The van der Waals surface area contributed by atoms with E-state index in [1.54, 1.807) is 42.3 Å². The van der Waals surface area contributed by atoms with Crippen molar-refractivity contribution in [2.45, 2.75) is 30.2 Å². The highest BCUT2D eigenvalue weighted by Gasteiger charge is 2.25. The van der Waals surface area contributed by atoms with Gasteiger partial charge in [-0.1, -0.05) is 29.5 Å². The number of hydrogen-bond donors (Lipinski definition) is 0. The molecular weight excluding hydrogens is 555 g/mol. The Bertz CT molecular complexity index is 1790. The van der Waals surface area contributed by atoms with Crippen LogP contribution in [-0.4, -0.2) is 31.7 Å². The Morgan fingerprint density at radius 3 is 2.44 bits per heavy atom. The highest BCUT2D eigenvalue weighted by atomic mass is 32.2. The highest BCUT2D eigenvalue weighted by molar-refractivity contribution is 8.08. The number of hydrogen-bond acceptors (Lipinski definition) is 8. The van der Waals surface area contributed by atoms with Crippen LogP contribution in [-0.2, 0) is 23.7 Å². The molecule has 11 heteroatoms. The standard InChI is InChI=1S/C21H22N3O2S2.C7H8O3S/c1-5-24-18(12-14-8-6-7-11-22(14)2)28-19(20(24)25)21-23(3)16-13-15(26-4)9-10-17(16)27-21;1-6-2-4-7(5-3-6)11(8,9)10/h6-13H,5H2,1-4H3;2-5H,1H3,(H,8,9,10)/q+1;/p-1/b21-19+;. The third kappa shape index (κ3) is 6.27. The Hall–Kier alpha value is -3.38. The first-order valence-corrected chi connectivity index (χ1v) is 15.1. The Balaban J connectivity index is 0.000000270. The molecule has 0 bridgehead atoms. The van der Waals surface area contributed by atoms with Crippen LogP contribution in [0.4, 0.5) is 5.69 Å². The van der Waals surface area contributed by atoms with Crippen molar-refractivity contribution in [3.05, 3.63) is 97.7 Å². The van der Waals surface area contributed by atoms with Crippen molar-refractivity contribution in [2.75, 3.05) is 19.1 Å². The van der Waals surface area contributed by atoms with Crippen LogP contribution in [0.5, 0.6) is 5.75 Å². The molecule has 0 radical (unpaired) electrons. The molecule has 39 heavy (non-hydrogen) atoms. The van der Waals surface area contributed by atoms with E-state index in [1.807, 2.05) is 69.0 Å². The highest BCUT2D eigenvalue weighted by Crippen LogP contribution is 2.46. The lowest BCUT2D eigenvalue weighted by atomic mass is 10.2. The van der Waals surface area contributed by atoms with Gasteiger partial charge in [0.2, 0.25) is 5.69 Å². The van der Waals surface area contributed by atoms with Crippen LogP contribution in [0.25, 0.3) is 11.1 Å². The first-order chi connectivity index (χ1) is 18.5. The van der Waals surface area contributed by atoms with Crippen LogP contribution < -0.4 is 29.0 Å². The van der Waals surface area contributed by atoms with Gasteiger partial charge in [-0.3, -0.25) is 9.36 Å². The summed E-state index contributed by atoms with van der Waals surface area (Å²) in [5.41, 5.74) is 3.11. The number of nitrogens with zero attached hydrogens (tertiary/aromatic N) is 3. The van der Waals surface area contributed by atoms with Gasteiger partial charge in [0, 0.05) is 42.8 Å². The summed E-state index contributed by atoms with van der Waals surface area (Å²) in [7, 11) is 1.41. The molecule has 1 aliphatic rings. The molecule has 204 valence electrons. The van der Waals surface area contributed by atoms with Crippen LogP contribution in [0.15, 0.2) is 81.4 Å². The summed E-state index contributed by atoms with van der Waals surface area (Å²) in [4.78, 5) is 16.2. The molecule has 3 heterocycles. The zero-order valence-corrected chi connectivity index (χ0v) is 24.7. The molecule has 8 nitrogen and oxygen atoms in total. The topological polar surface area (TPSA) is 95.6 Å². The zero-order chi connectivity index (χ0) is 28.3. The van der Waals surface area contributed by atoms with Gasteiger partial charge in [0.15, 0.2) is 6.20 Å². The molecule has 0 fully saturated rings. The van der Waals surface area contributed by atoms with E-state index >= 15 is 0 Å². The summed E-state index contributed by atoms with van der Waals surface area (Å²) in [6, 6.07) is 17.9. The van der Waals surface area contributed by atoms with Crippen molar-refractivity contribution in [3.63, 3.8) is 0 Å². The minimum atomic E-state index is -4.27.